The van der Waals surface area contributed by atoms with Crippen molar-refractivity contribution in [1.29, 1.82) is 0 Å². The number of hydrogen-bond donors (Lipinski definition) is 1. The van der Waals surface area contributed by atoms with Crippen molar-refractivity contribution in [1.82, 2.24) is 25.0 Å². The molecule has 0 unspecified atom stereocenters. The van der Waals surface area contributed by atoms with Crippen LogP contribution in [-0.4, -0.2) is 43.1 Å². The molecule has 0 bridgehead atoms. The zero-order chi connectivity index (χ0) is 23.0. The summed E-state index contributed by atoms with van der Waals surface area (Å²) in [5.74, 6) is 1.03. The van der Waals surface area contributed by atoms with Crippen molar-refractivity contribution in [2.24, 2.45) is 11.8 Å². The Morgan fingerprint density at radius 1 is 1.15 bits per heavy atom. The van der Waals surface area contributed by atoms with Gasteiger partial charge in [0.2, 0.25) is 5.95 Å². The quantitative estimate of drug-likeness (QED) is 0.583. The number of carbonyl (C=O) groups excluding carboxylic acids is 1. The molecule has 1 N–H and O–H groups in total. The number of hydrogen-bond acceptors (Lipinski definition) is 7. The number of esters is 1. The molecule has 0 aliphatic heterocycles. The number of nitrogens with one attached hydrogen (secondary N) is 1. The Morgan fingerprint density at radius 3 is 2.73 bits per heavy atom. The number of anilines is 1. The number of fused-ring (bicyclic) bond motifs is 2. The van der Waals surface area contributed by atoms with E-state index in [4.69, 9.17) is 9.72 Å². The van der Waals surface area contributed by atoms with Gasteiger partial charge in [0.15, 0.2) is 11.2 Å². The standard InChI is InChI=1S/C25H32N6O2/c1-25(2,3)33-23(32)18-9-7-16(8-10-18)14-26-24-27-15-21-22(28-24)31(30-29-21)20-12-11-17-5-4-6-19(17)13-20/h11-13,15-16,18H,4-10,14H2,1-3H3,(H,26,27,28). The van der Waals surface area contributed by atoms with E-state index in [9.17, 15) is 4.79 Å². The number of carbonyl (C=O) groups is 1. The van der Waals surface area contributed by atoms with Gasteiger partial charge in [-0.3, -0.25) is 4.79 Å². The van der Waals surface area contributed by atoms with Crippen molar-refractivity contribution in [2.75, 3.05) is 11.9 Å². The normalized spacial score (nSPS) is 20.6. The molecule has 174 valence electrons. The first-order valence-corrected chi connectivity index (χ1v) is 12.0. The zero-order valence-electron chi connectivity index (χ0n) is 19.7. The second-order valence-electron chi connectivity index (χ2n) is 10.3. The monoisotopic (exact) mass is 448 g/mol. The van der Waals surface area contributed by atoms with Crippen LogP contribution in [0, 0.1) is 11.8 Å². The molecular weight excluding hydrogens is 416 g/mol. The molecule has 0 atom stereocenters. The zero-order valence-corrected chi connectivity index (χ0v) is 19.7. The third-order valence-electron chi connectivity index (χ3n) is 6.65. The highest BCUT2D eigenvalue weighted by Crippen LogP contribution is 2.31. The van der Waals surface area contributed by atoms with E-state index in [1.54, 1.807) is 10.9 Å². The Bertz CT molecular complexity index is 1160. The van der Waals surface area contributed by atoms with Gasteiger partial charge in [-0.2, -0.15) is 9.67 Å². The Morgan fingerprint density at radius 2 is 1.94 bits per heavy atom. The lowest BCUT2D eigenvalue weighted by molar-refractivity contribution is -0.161. The van der Waals surface area contributed by atoms with Crippen molar-refractivity contribution >= 4 is 23.1 Å². The molecule has 33 heavy (non-hydrogen) atoms. The Labute approximate surface area is 194 Å². The highest BCUT2D eigenvalue weighted by atomic mass is 16.6. The summed E-state index contributed by atoms with van der Waals surface area (Å²) in [4.78, 5) is 21.5. The van der Waals surface area contributed by atoms with Gasteiger partial charge in [-0.15, -0.1) is 5.10 Å². The second-order valence-corrected chi connectivity index (χ2v) is 10.3. The fourth-order valence-electron chi connectivity index (χ4n) is 4.90. The molecule has 5 rings (SSSR count). The topological polar surface area (TPSA) is 94.8 Å². The van der Waals surface area contributed by atoms with E-state index < -0.39 is 5.60 Å². The van der Waals surface area contributed by atoms with Gasteiger partial charge in [0, 0.05) is 6.54 Å². The maximum Gasteiger partial charge on any atom is 0.309 e. The minimum Gasteiger partial charge on any atom is -0.460 e. The molecule has 8 heteroatoms. The van der Waals surface area contributed by atoms with Crippen LogP contribution in [0.25, 0.3) is 16.9 Å². The van der Waals surface area contributed by atoms with Crippen molar-refractivity contribution in [2.45, 2.75) is 71.3 Å². The van der Waals surface area contributed by atoms with Gasteiger partial charge in [0.25, 0.3) is 0 Å². The molecule has 2 aliphatic carbocycles. The van der Waals surface area contributed by atoms with E-state index in [1.807, 2.05) is 20.8 Å². The molecule has 8 nitrogen and oxygen atoms in total. The SMILES string of the molecule is CC(C)(C)OC(=O)C1CCC(CNc2ncc3nnn(-c4ccc5c(c4)CCC5)c3n2)CC1. The summed E-state index contributed by atoms with van der Waals surface area (Å²) in [5, 5.41) is 12.0. The molecule has 1 aromatic carbocycles. The lowest BCUT2D eigenvalue weighted by atomic mass is 9.82. The van der Waals surface area contributed by atoms with Crippen LogP contribution in [0.15, 0.2) is 24.4 Å². The van der Waals surface area contributed by atoms with Gasteiger partial charge in [-0.25, -0.2) is 4.98 Å². The number of aryl methyl sites for hydroxylation is 2. The molecule has 0 saturated heterocycles. The lowest BCUT2D eigenvalue weighted by Crippen LogP contribution is -2.32. The Kier molecular flexibility index (Phi) is 5.76. The molecule has 2 heterocycles. The first kappa shape index (κ1) is 21.8. The predicted molar refractivity (Wildman–Crippen MR) is 126 cm³/mol. The highest BCUT2D eigenvalue weighted by Gasteiger charge is 2.30. The summed E-state index contributed by atoms with van der Waals surface area (Å²) in [7, 11) is 0. The number of nitrogens with zero attached hydrogens (tertiary/aromatic N) is 5. The molecule has 3 aromatic rings. The molecule has 1 saturated carbocycles. The third kappa shape index (κ3) is 4.84. The smallest absolute Gasteiger partial charge is 0.309 e. The fourth-order valence-corrected chi connectivity index (χ4v) is 4.90. The number of benzene rings is 1. The van der Waals surface area contributed by atoms with Crippen LogP contribution in [0.4, 0.5) is 5.95 Å². The summed E-state index contributed by atoms with van der Waals surface area (Å²) in [6.07, 6.45) is 8.94. The Balaban J connectivity index is 1.22. The van der Waals surface area contributed by atoms with Gasteiger partial charge in [0.05, 0.1) is 17.8 Å². The number of ether oxygens (including phenoxy) is 1. The first-order chi connectivity index (χ1) is 15.9. The van der Waals surface area contributed by atoms with Gasteiger partial charge in [-0.1, -0.05) is 11.3 Å². The van der Waals surface area contributed by atoms with Crippen molar-refractivity contribution < 1.29 is 9.53 Å². The average molecular weight is 449 g/mol. The van der Waals surface area contributed by atoms with E-state index >= 15 is 0 Å². The molecule has 0 spiro atoms. The Hall–Kier alpha value is -3.03. The fraction of sp³-hybridized carbons (Fsp3) is 0.560. The summed E-state index contributed by atoms with van der Waals surface area (Å²) in [6.45, 7) is 6.54. The van der Waals surface area contributed by atoms with E-state index in [1.165, 1.54) is 17.5 Å². The summed E-state index contributed by atoms with van der Waals surface area (Å²) in [6, 6.07) is 6.49. The minimum atomic E-state index is -0.424. The van der Waals surface area contributed by atoms with Crippen LogP contribution < -0.4 is 5.32 Å². The minimum absolute atomic E-state index is 0.0146. The summed E-state index contributed by atoms with van der Waals surface area (Å²) < 4.78 is 7.36. The first-order valence-electron chi connectivity index (χ1n) is 12.0. The van der Waals surface area contributed by atoms with Crippen LogP contribution in [0.1, 0.15) is 64.0 Å². The van der Waals surface area contributed by atoms with Crippen molar-refractivity contribution in [3.63, 3.8) is 0 Å². The molecule has 2 aliphatic rings. The molecule has 0 amide bonds. The number of rotatable bonds is 5. The maximum absolute atomic E-state index is 12.3. The van der Waals surface area contributed by atoms with Gasteiger partial charge in [0.1, 0.15) is 5.60 Å². The van der Waals surface area contributed by atoms with Crippen LogP contribution in [-0.2, 0) is 22.4 Å². The van der Waals surface area contributed by atoms with E-state index in [0.29, 0.717) is 23.0 Å². The highest BCUT2D eigenvalue weighted by molar-refractivity contribution is 5.73. The maximum atomic E-state index is 12.3. The van der Waals surface area contributed by atoms with Crippen LogP contribution >= 0.6 is 0 Å². The molecular formula is C25H32N6O2. The molecule has 2 aromatic heterocycles. The second kappa shape index (κ2) is 8.72. The molecule has 1 fully saturated rings. The van der Waals surface area contributed by atoms with Crippen LogP contribution in [0.3, 0.4) is 0 Å². The van der Waals surface area contributed by atoms with E-state index in [-0.39, 0.29) is 11.9 Å². The van der Waals surface area contributed by atoms with E-state index in [2.05, 4.69) is 38.8 Å². The van der Waals surface area contributed by atoms with Crippen molar-refractivity contribution in [3.8, 4) is 5.69 Å². The lowest BCUT2D eigenvalue weighted by Gasteiger charge is -2.29. The molecule has 0 radical (unpaired) electrons. The van der Waals surface area contributed by atoms with Gasteiger partial charge < -0.3 is 10.1 Å². The van der Waals surface area contributed by atoms with Crippen molar-refractivity contribution in [3.05, 3.63) is 35.5 Å². The summed E-state index contributed by atoms with van der Waals surface area (Å²) in [5.41, 5.74) is 4.78. The van der Waals surface area contributed by atoms with Gasteiger partial charge in [-0.05, 0) is 94.9 Å². The van der Waals surface area contributed by atoms with Gasteiger partial charge >= 0.3 is 5.97 Å². The van der Waals surface area contributed by atoms with Crippen LogP contribution in [0.5, 0.6) is 0 Å². The number of aromatic nitrogens is 5. The predicted octanol–water partition coefficient (Wildman–Crippen LogP) is 4.26. The van der Waals surface area contributed by atoms with Crippen LogP contribution in [0.2, 0.25) is 0 Å². The van der Waals surface area contributed by atoms with E-state index in [0.717, 1.165) is 50.8 Å². The summed E-state index contributed by atoms with van der Waals surface area (Å²) >= 11 is 0. The largest absolute Gasteiger partial charge is 0.460 e. The average Bonchev–Trinajstić information content (AvgIpc) is 3.43. The third-order valence-corrected chi connectivity index (χ3v) is 6.65.